The Hall–Kier alpha value is -4.21. The number of benzene rings is 2. The first-order valence-corrected chi connectivity index (χ1v) is 11.1. The summed E-state index contributed by atoms with van der Waals surface area (Å²) in [5, 5.41) is 18.0. The second kappa shape index (κ2) is 8.97. The molecule has 2 aromatic carbocycles. The van der Waals surface area contributed by atoms with E-state index in [9.17, 15) is 19.5 Å². The number of carbonyl (C=O) groups is 3. The number of carboxylic acid groups (broad SMARTS) is 1. The van der Waals surface area contributed by atoms with Gasteiger partial charge in [0, 0.05) is 19.0 Å². The number of H-pyrrole nitrogens is 1. The fraction of sp³-hybridized carbons (Fsp3) is 0.292. The summed E-state index contributed by atoms with van der Waals surface area (Å²) < 4.78 is 5.47. The average Bonchev–Trinajstić information content (AvgIpc) is 3.45. The van der Waals surface area contributed by atoms with Gasteiger partial charge in [0.25, 0.3) is 11.9 Å². The number of carboxylic acids is 1. The number of aromatic amines is 1. The van der Waals surface area contributed by atoms with Crippen LogP contribution in [0.2, 0.25) is 0 Å². The molecule has 1 atom stereocenters. The van der Waals surface area contributed by atoms with E-state index >= 15 is 0 Å². The van der Waals surface area contributed by atoms with Crippen molar-refractivity contribution in [1.82, 2.24) is 20.1 Å². The van der Waals surface area contributed by atoms with Crippen molar-refractivity contribution in [1.29, 1.82) is 0 Å². The minimum Gasteiger partial charge on any atom is -0.481 e. The maximum atomic E-state index is 12.7. The van der Waals surface area contributed by atoms with Gasteiger partial charge < -0.3 is 14.7 Å². The molecule has 1 aromatic heterocycles. The molecule has 2 amide bonds. The van der Waals surface area contributed by atoms with Crippen molar-refractivity contribution in [2.75, 3.05) is 25.0 Å². The first-order valence-electron chi connectivity index (χ1n) is 11.1. The molecular weight excluding hydrogens is 438 g/mol. The smallest absolute Gasteiger partial charge is 0.414 e. The van der Waals surface area contributed by atoms with Gasteiger partial charge in [0.15, 0.2) is 0 Å². The van der Waals surface area contributed by atoms with Gasteiger partial charge in [-0.15, -0.1) is 5.10 Å². The molecule has 10 nitrogen and oxygen atoms in total. The fourth-order valence-electron chi connectivity index (χ4n) is 4.65. The standard InChI is InChI=1S/C24H23N5O5/c30-21(29-11-5-6-14(12-29)22(31)32)20-25-23(28-27-20)26-24(33)34-13-19-17-9-3-1-7-15(17)16-8-2-4-10-18(16)19/h1-4,7-10,14,19H,5-6,11-13H2,(H,31,32)(H2,25,26,27,28,33). The number of aliphatic carboxylic acids is 1. The van der Waals surface area contributed by atoms with Crippen LogP contribution in [0.15, 0.2) is 48.5 Å². The number of hydrogen-bond donors (Lipinski definition) is 3. The van der Waals surface area contributed by atoms with Crippen molar-refractivity contribution in [2.24, 2.45) is 5.92 Å². The van der Waals surface area contributed by atoms with E-state index in [4.69, 9.17) is 4.74 Å². The number of likely N-dealkylation sites (tertiary alicyclic amines) is 1. The molecule has 2 heterocycles. The number of anilines is 1. The number of piperidine rings is 1. The van der Waals surface area contributed by atoms with Crippen LogP contribution in [0, 0.1) is 5.92 Å². The molecule has 1 unspecified atom stereocenters. The van der Waals surface area contributed by atoms with Gasteiger partial charge in [0.1, 0.15) is 6.61 Å². The van der Waals surface area contributed by atoms with Crippen LogP contribution >= 0.6 is 0 Å². The lowest BCUT2D eigenvalue weighted by atomic mass is 9.98. The fourth-order valence-corrected chi connectivity index (χ4v) is 4.65. The normalized spacial score (nSPS) is 17.1. The number of nitrogens with zero attached hydrogens (tertiary/aromatic N) is 3. The number of rotatable bonds is 5. The largest absolute Gasteiger partial charge is 0.481 e. The van der Waals surface area contributed by atoms with Crippen LogP contribution < -0.4 is 5.32 Å². The van der Waals surface area contributed by atoms with Gasteiger partial charge in [0.05, 0.1) is 5.92 Å². The predicted octanol–water partition coefficient (Wildman–Crippen LogP) is 3.10. The Bertz CT molecular complexity index is 1210. The Kier molecular flexibility index (Phi) is 5.70. The molecule has 1 fully saturated rings. The lowest BCUT2D eigenvalue weighted by Crippen LogP contribution is -2.42. The highest BCUT2D eigenvalue weighted by Crippen LogP contribution is 2.44. The number of fused-ring (bicyclic) bond motifs is 3. The summed E-state index contributed by atoms with van der Waals surface area (Å²) in [5.74, 6) is -2.22. The number of aromatic nitrogens is 3. The molecule has 2 aliphatic rings. The van der Waals surface area contributed by atoms with E-state index in [-0.39, 0.29) is 30.8 Å². The zero-order valence-corrected chi connectivity index (χ0v) is 18.2. The quantitative estimate of drug-likeness (QED) is 0.531. The van der Waals surface area contributed by atoms with Crippen molar-refractivity contribution in [3.63, 3.8) is 0 Å². The highest BCUT2D eigenvalue weighted by molar-refractivity contribution is 5.92. The van der Waals surface area contributed by atoms with Crippen molar-refractivity contribution in [2.45, 2.75) is 18.8 Å². The monoisotopic (exact) mass is 461 g/mol. The van der Waals surface area contributed by atoms with Gasteiger partial charge in [-0.25, -0.2) is 4.79 Å². The first-order chi connectivity index (χ1) is 16.5. The van der Waals surface area contributed by atoms with Gasteiger partial charge in [-0.2, -0.15) is 4.98 Å². The molecule has 10 heteroatoms. The Morgan fingerprint density at radius 1 is 1.09 bits per heavy atom. The molecule has 0 saturated carbocycles. The van der Waals surface area contributed by atoms with Crippen LogP contribution in [0.5, 0.6) is 0 Å². The lowest BCUT2D eigenvalue weighted by molar-refractivity contribution is -0.143. The maximum absolute atomic E-state index is 12.7. The number of amides is 2. The van der Waals surface area contributed by atoms with Crippen LogP contribution in [0.4, 0.5) is 10.7 Å². The number of hydrogen-bond acceptors (Lipinski definition) is 6. The Balaban J connectivity index is 1.20. The topological polar surface area (TPSA) is 138 Å². The van der Waals surface area contributed by atoms with Crippen molar-refractivity contribution < 1.29 is 24.2 Å². The highest BCUT2D eigenvalue weighted by Gasteiger charge is 2.31. The van der Waals surface area contributed by atoms with Crippen LogP contribution in [-0.2, 0) is 9.53 Å². The summed E-state index contributed by atoms with van der Waals surface area (Å²) in [6, 6.07) is 16.1. The van der Waals surface area contributed by atoms with E-state index in [0.29, 0.717) is 19.4 Å². The minimum absolute atomic E-state index is 0.0695. The first kappa shape index (κ1) is 21.6. The second-order valence-corrected chi connectivity index (χ2v) is 8.39. The molecule has 3 aromatic rings. The summed E-state index contributed by atoms with van der Waals surface area (Å²) in [5.41, 5.74) is 4.46. The zero-order chi connectivity index (χ0) is 23.7. The van der Waals surface area contributed by atoms with E-state index in [1.165, 1.54) is 4.90 Å². The molecule has 174 valence electrons. The number of carbonyl (C=O) groups excluding carboxylic acids is 2. The Labute approximate surface area is 195 Å². The minimum atomic E-state index is -0.923. The van der Waals surface area contributed by atoms with Gasteiger partial charge in [0.2, 0.25) is 5.82 Å². The van der Waals surface area contributed by atoms with Crippen molar-refractivity contribution in [3.05, 3.63) is 65.5 Å². The van der Waals surface area contributed by atoms with E-state index in [2.05, 4.69) is 32.6 Å². The van der Waals surface area contributed by atoms with E-state index in [1.54, 1.807) is 0 Å². The van der Waals surface area contributed by atoms with Crippen molar-refractivity contribution >= 4 is 23.9 Å². The average molecular weight is 461 g/mol. The molecule has 0 radical (unpaired) electrons. The van der Waals surface area contributed by atoms with E-state index in [0.717, 1.165) is 22.3 Å². The summed E-state index contributed by atoms with van der Waals surface area (Å²) in [7, 11) is 0. The SMILES string of the molecule is O=C(Nc1n[nH]c(C(=O)N2CCCC(C(=O)O)C2)n1)OCC1c2ccccc2-c2ccccc21. The van der Waals surface area contributed by atoms with Crippen LogP contribution in [0.3, 0.4) is 0 Å². The van der Waals surface area contributed by atoms with E-state index < -0.39 is 23.9 Å². The van der Waals surface area contributed by atoms with Gasteiger partial charge in [-0.05, 0) is 35.1 Å². The Morgan fingerprint density at radius 2 is 1.76 bits per heavy atom. The molecule has 0 spiro atoms. The zero-order valence-electron chi connectivity index (χ0n) is 18.2. The predicted molar refractivity (Wildman–Crippen MR) is 121 cm³/mol. The summed E-state index contributed by atoms with van der Waals surface area (Å²) in [6.07, 6.45) is 0.398. The second-order valence-electron chi connectivity index (χ2n) is 8.39. The molecule has 34 heavy (non-hydrogen) atoms. The van der Waals surface area contributed by atoms with Crippen LogP contribution in [-0.4, -0.2) is 62.9 Å². The summed E-state index contributed by atoms with van der Waals surface area (Å²) in [4.78, 5) is 41.8. The third-order valence-corrected chi connectivity index (χ3v) is 6.30. The molecule has 3 N–H and O–H groups in total. The van der Waals surface area contributed by atoms with Crippen molar-refractivity contribution in [3.8, 4) is 11.1 Å². The molecule has 1 aliphatic carbocycles. The van der Waals surface area contributed by atoms with Crippen LogP contribution in [0.1, 0.15) is 40.5 Å². The van der Waals surface area contributed by atoms with Gasteiger partial charge in [-0.3, -0.25) is 20.0 Å². The van der Waals surface area contributed by atoms with E-state index in [1.807, 2.05) is 36.4 Å². The third kappa shape index (κ3) is 4.09. The molecule has 1 aliphatic heterocycles. The number of nitrogens with one attached hydrogen (secondary N) is 2. The molecule has 0 bridgehead atoms. The molecule has 1 saturated heterocycles. The Morgan fingerprint density at radius 3 is 2.44 bits per heavy atom. The van der Waals surface area contributed by atoms with Gasteiger partial charge in [-0.1, -0.05) is 48.5 Å². The number of ether oxygens (including phenoxy) is 1. The molecule has 5 rings (SSSR count). The summed E-state index contributed by atoms with van der Waals surface area (Å²) >= 11 is 0. The maximum Gasteiger partial charge on any atom is 0.414 e. The summed E-state index contributed by atoms with van der Waals surface area (Å²) in [6.45, 7) is 0.697. The third-order valence-electron chi connectivity index (χ3n) is 6.30. The highest BCUT2D eigenvalue weighted by atomic mass is 16.5. The van der Waals surface area contributed by atoms with Crippen LogP contribution in [0.25, 0.3) is 11.1 Å². The molecular formula is C24H23N5O5. The van der Waals surface area contributed by atoms with Gasteiger partial charge >= 0.3 is 12.1 Å². The lowest BCUT2D eigenvalue weighted by Gasteiger charge is -2.29.